The number of fused-ring (bicyclic) bond motifs is 8. The van der Waals surface area contributed by atoms with Gasteiger partial charge in [0.2, 0.25) is 0 Å². The van der Waals surface area contributed by atoms with Crippen LogP contribution in [0.15, 0.2) is 121 Å². The molecule has 0 N–H and O–H groups in total. The Balaban J connectivity index is 1.43. The second-order valence-corrected chi connectivity index (χ2v) is 11.0. The van der Waals surface area contributed by atoms with Crippen LogP contribution in [-0.4, -0.2) is 9.97 Å². The SMILES string of the molecule is CC1(C)c2ccccc2-c2c1ccc1ccc(-c3nc(-c4ccccc4)c4ccc5ccccc5c4n3)cc21. The van der Waals surface area contributed by atoms with Crippen molar-refractivity contribution in [2.24, 2.45) is 0 Å². The minimum Gasteiger partial charge on any atom is -0.227 e. The van der Waals surface area contributed by atoms with Crippen LogP contribution in [0.4, 0.5) is 0 Å². The average molecular weight is 499 g/mol. The fourth-order valence-electron chi connectivity index (χ4n) is 6.47. The zero-order valence-electron chi connectivity index (χ0n) is 21.9. The Morgan fingerprint density at radius 3 is 2.13 bits per heavy atom. The lowest BCUT2D eigenvalue weighted by Crippen LogP contribution is -2.14. The number of hydrogen-bond donors (Lipinski definition) is 0. The predicted molar refractivity (Wildman–Crippen MR) is 163 cm³/mol. The van der Waals surface area contributed by atoms with E-state index in [1.165, 1.54) is 38.4 Å². The summed E-state index contributed by atoms with van der Waals surface area (Å²) in [5.74, 6) is 0.753. The molecule has 8 rings (SSSR count). The molecule has 1 aliphatic rings. The van der Waals surface area contributed by atoms with E-state index in [0.29, 0.717) is 0 Å². The first kappa shape index (κ1) is 22.2. The van der Waals surface area contributed by atoms with Gasteiger partial charge in [-0.25, -0.2) is 9.97 Å². The van der Waals surface area contributed by atoms with Gasteiger partial charge in [0.25, 0.3) is 0 Å². The van der Waals surface area contributed by atoms with Crippen molar-refractivity contribution in [2.45, 2.75) is 19.3 Å². The normalized spacial score (nSPS) is 13.6. The highest BCUT2D eigenvalue weighted by atomic mass is 14.9. The molecule has 0 bridgehead atoms. The summed E-state index contributed by atoms with van der Waals surface area (Å²) in [5.41, 5.74) is 9.48. The van der Waals surface area contributed by atoms with E-state index in [1.807, 2.05) is 6.07 Å². The van der Waals surface area contributed by atoms with E-state index in [9.17, 15) is 0 Å². The van der Waals surface area contributed by atoms with Gasteiger partial charge < -0.3 is 0 Å². The Hall–Kier alpha value is -4.82. The van der Waals surface area contributed by atoms with Gasteiger partial charge in [0.15, 0.2) is 5.82 Å². The third kappa shape index (κ3) is 3.21. The summed E-state index contributed by atoms with van der Waals surface area (Å²) < 4.78 is 0. The molecule has 0 unspecified atom stereocenters. The molecule has 0 atom stereocenters. The van der Waals surface area contributed by atoms with Crippen LogP contribution in [0.5, 0.6) is 0 Å². The first-order valence-electron chi connectivity index (χ1n) is 13.5. The summed E-state index contributed by atoms with van der Waals surface area (Å²) >= 11 is 0. The Labute approximate surface area is 227 Å². The largest absolute Gasteiger partial charge is 0.227 e. The number of benzene rings is 6. The molecule has 1 aliphatic carbocycles. The van der Waals surface area contributed by atoms with Gasteiger partial charge in [-0.1, -0.05) is 123 Å². The average Bonchev–Trinajstić information content (AvgIpc) is 3.23. The molecule has 0 spiro atoms. The van der Waals surface area contributed by atoms with Crippen molar-refractivity contribution in [2.75, 3.05) is 0 Å². The van der Waals surface area contributed by atoms with E-state index < -0.39 is 0 Å². The van der Waals surface area contributed by atoms with Crippen molar-refractivity contribution in [3.8, 4) is 33.8 Å². The molecule has 7 aromatic rings. The molecule has 1 aromatic heterocycles. The van der Waals surface area contributed by atoms with Crippen molar-refractivity contribution in [1.29, 1.82) is 0 Å². The van der Waals surface area contributed by atoms with Gasteiger partial charge >= 0.3 is 0 Å². The molecule has 0 saturated heterocycles. The summed E-state index contributed by atoms with van der Waals surface area (Å²) in [6.07, 6.45) is 0. The highest BCUT2D eigenvalue weighted by molar-refractivity contribution is 6.10. The van der Waals surface area contributed by atoms with Crippen molar-refractivity contribution in [1.82, 2.24) is 9.97 Å². The second kappa shape index (κ2) is 8.09. The lowest BCUT2D eigenvalue weighted by Gasteiger charge is -2.21. The third-order valence-corrected chi connectivity index (χ3v) is 8.46. The van der Waals surface area contributed by atoms with Crippen molar-refractivity contribution < 1.29 is 0 Å². The monoisotopic (exact) mass is 498 g/mol. The summed E-state index contributed by atoms with van der Waals surface area (Å²) in [6.45, 7) is 4.66. The zero-order chi connectivity index (χ0) is 26.1. The van der Waals surface area contributed by atoms with Gasteiger partial charge in [0, 0.05) is 27.3 Å². The van der Waals surface area contributed by atoms with E-state index in [4.69, 9.17) is 9.97 Å². The summed E-state index contributed by atoms with van der Waals surface area (Å²) in [4.78, 5) is 10.4. The number of aromatic nitrogens is 2. The molecule has 0 amide bonds. The maximum absolute atomic E-state index is 5.22. The highest BCUT2D eigenvalue weighted by Gasteiger charge is 2.36. The lowest BCUT2D eigenvalue weighted by atomic mass is 9.82. The first-order chi connectivity index (χ1) is 19.1. The maximum atomic E-state index is 5.22. The Morgan fingerprint density at radius 1 is 0.513 bits per heavy atom. The molecular weight excluding hydrogens is 472 g/mol. The van der Waals surface area contributed by atoms with Crippen molar-refractivity contribution >= 4 is 32.4 Å². The van der Waals surface area contributed by atoms with Gasteiger partial charge in [-0.3, -0.25) is 0 Å². The Bertz CT molecular complexity index is 2090. The molecule has 0 aliphatic heterocycles. The molecule has 184 valence electrons. The molecule has 6 aromatic carbocycles. The van der Waals surface area contributed by atoms with E-state index in [2.05, 4.69) is 129 Å². The maximum Gasteiger partial charge on any atom is 0.160 e. The topological polar surface area (TPSA) is 25.8 Å². The molecule has 0 fully saturated rings. The summed E-state index contributed by atoms with van der Waals surface area (Å²) in [6, 6.07) is 43.4. The van der Waals surface area contributed by atoms with Crippen LogP contribution in [-0.2, 0) is 5.41 Å². The van der Waals surface area contributed by atoms with Gasteiger partial charge in [0.05, 0.1) is 11.2 Å². The van der Waals surface area contributed by atoms with Gasteiger partial charge in [0.1, 0.15) is 0 Å². The lowest BCUT2D eigenvalue weighted by molar-refractivity contribution is 0.661. The molecule has 2 nitrogen and oxygen atoms in total. The van der Waals surface area contributed by atoms with E-state index in [1.54, 1.807) is 0 Å². The van der Waals surface area contributed by atoms with Crippen LogP contribution >= 0.6 is 0 Å². The standard InChI is InChI=1S/C37H26N2/c1-37(2)31-15-9-8-14-28(31)33-30-22-26(17-16-24(30)19-21-32(33)37)36-38-34(25-11-4-3-5-12-25)29-20-18-23-10-6-7-13-27(23)35(29)39-36/h3-22H,1-2H3. The number of nitrogens with zero attached hydrogens (tertiary/aromatic N) is 2. The predicted octanol–water partition coefficient (Wildman–Crippen LogP) is 9.58. The van der Waals surface area contributed by atoms with Crippen LogP contribution in [0, 0.1) is 0 Å². The van der Waals surface area contributed by atoms with Crippen LogP contribution < -0.4 is 0 Å². The van der Waals surface area contributed by atoms with Crippen molar-refractivity contribution in [3.63, 3.8) is 0 Å². The highest BCUT2D eigenvalue weighted by Crippen LogP contribution is 2.51. The van der Waals surface area contributed by atoms with Crippen LogP contribution in [0.3, 0.4) is 0 Å². The van der Waals surface area contributed by atoms with Gasteiger partial charge in [-0.15, -0.1) is 0 Å². The van der Waals surface area contributed by atoms with E-state index >= 15 is 0 Å². The van der Waals surface area contributed by atoms with Crippen LogP contribution in [0.2, 0.25) is 0 Å². The Morgan fingerprint density at radius 2 is 1.23 bits per heavy atom. The molecule has 39 heavy (non-hydrogen) atoms. The fraction of sp³-hybridized carbons (Fsp3) is 0.0811. The molecule has 1 heterocycles. The minimum atomic E-state index is -0.0328. The molecular formula is C37H26N2. The third-order valence-electron chi connectivity index (χ3n) is 8.46. The fourth-order valence-corrected chi connectivity index (χ4v) is 6.47. The Kier molecular flexibility index (Phi) is 4.60. The van der Waals surface area contributed by atoms with E-state index in [0.717, 1.165) is 38.9 Å². The number of hydrogen-bond acceptors (Lipinski definition) is 2. The minimum absolute atomic E-state index is 0.0328. The smallest absolute Gasteiger partial charge is 0.160 e. The molecule has 0 saturated carbocycles. The quantitative estimate of drug-likeness (QED) is 0.222. The summed E-state index contributed by atoms with van der Waals surface area (Å²) in [5, 5.41) is 5.89. The van der Waals surface area contributed by atoms with Gasteiger partial charge in [-0.2, -0.15) is 0 Å². The summed E-state index contributed by atoms with van der Waals surface area (Å²) in [7, 11) is 0. The van der Waals surface area contributed by atoms with E-state index in [-0.39, 0.29) is 5.41 Å². The molecule has 2 heteroatoms. The first-order valence-corrected chi connectivity index (χ1v) is 13.5. The zero-order valence-corrected chi connectivity index (χ0v) is 21.9. The van der Waals surface area contributed by atoms with Gasteiger partial charge in [-0.05, 0) is 50.5 Å². The van der Waals surface area contributed by atoms with Crippen LogP contribution in [0.25, 0.3) is 66.2 Å². The number of rotatable bonds is 2. The molecule has 0 radical (unpaired) electrons. The van der Waals surface area contributed by atoms with Crippen LogP contribution in [0.1, 0.15) is 25.0 Å². The van der Waals surface area contributed by atoms with Crippen molar-refractivity contribution in [3.05, 3.63) is 132 Å². The second-order valence-electron chi connectivity index (χ2n) is 11.0.